The van der Waals surface area contributed by atoms with Gasteiger partial charge in [0.1, 0.15) is 17.8 Å². The van der Waals surface area contributed by atoms with Gasteiger partial charge in [0, 0.05) is 50.6 Å². The van der Waals surface area contributed by atoms with E-state index in [0.717, 1.165) is 0 Å². The van der Waals surface area contributed by atoms with Crippen LogP contribution in [-0.4, -0.2) is 102 Å². The van der Waals surface area contributed by atoms with Gasteiger partial charge in [0.2, 0.25) is 23.6 Å². The summed E-state index contributed by atoms with van der Waals surface area (Å²) in [6.45, 7) is 3.20. The first-order valence-corrected chi connectivity index (χ1v) is 12.9. The van der Waals surface area contributed by atoms with Crippen LogP contribution in [0, 0.1) is 5.92 Å². The molecule has 37 heavy (non-hydrogen) atoms. The van der Waals surface area contributed by atoms with Crippen molar-refractivity contribution in [3.63, 3.8) is 0 Å². The molecule has 0 spiro atoms. The zero-order valence-electron chi connectivity index (χ0n) is 21.1. The number of benzene rings is 1. The Morgan fingerprint density at radius 2 is 1.73 bits per heavy atom. The highest BCUT2D eigenvalue weighted by atomic mass is 16.5. The zero-order chi connectivity index (χ0) is 26.3. The summed E-state index contributed by atoms with van der Waals surface area (Å²) in [4.78, 5) is 69.6. The second-order valence-corrected chi connectivity index (χ2v) is 10.3. The maximum absolute atomic E-state index is 13.7. The summed E-state index contributed by atoms with van der Waals surface area (Å²) >= 11 is 0. The number of hydrogen-bond donors (Lipinski definition) is 2. The van der Waals surface area contributed by atoms with E-state index in [9.17, 15) is 24.0 Å². The molecule has 0 aliphatic carbocycles. The predicted octanol–water partition coefficient (Wildman–Crippen LogP) is -0.248. The van der Waals surface area contributed by atoms with Gasteiger partial charge >= 0.3 is 0 Å². The molecule has 1 aromatic rings. The van der Waals surface area contributed by atoms with Crippen LogP contribution in [0.1, 0.15) is 43.0 Å². The van der Waals surface area contributed by atoms with E-state index in [-0.39, 0.29) is 48.0 Å². The molecule has 1 aromatic carbocycles. The van der Waals surface area contributed by atoms with Gasteiger partial charge in [-0.1, -0.05) is 0 Å². The molecule has 4 aliphatic rings. The summed E-state index contributed by atoms with van der Waals surface area (Å²) in [6.07, 6.45) is 1.98. The SMILES string of the molecule is COc1ccc(C(=O)N[C@H]2C[C@@H]3C(=O)N[C@H]4CCN(C(=O)C5CCN(C(C)=O)CC5)[C@@H]4C(=O)N3C2)cc1. The topological polar surface area (TPSA) is 128 Å². The summed E-state index contributed by atoms with van der Waals surface area (Å²) < 4.78 is 5.13. The number of likely N-dealkylation sites (tertiary alicyclic amines) is 2. The smallest absolute Gasteiger partial charge is 0.251 e. The normalized spacial score (nSPS) is 27.8. The van der Waals surface area contributed by atoms with Crippen molar-refractivity contribution in [2.45, 2.75) is 56.8 Å². The molecule has 4 aliphatic heterocycles. The number of nitrogens with one attached hydrogen (secondary N) is 2. The van der Waals surface area contributed by atoms with Crippen LogP contribution in [0.4, 0.5) is 0 Å². The lowest BCUT2D eigenvalue weighted by Crippen LogP contribution is -2.54. The molecule has 0 radical (unpaired) electrons. The van der Waals surface area contributed by atoms with E-state index in [4.69, 9.17) is 4.74 Å². The van der Waals surface area contributed by atoms with Gasteiger partial charge in [-0.25, -0.2) is 0 Å². The van der Waals surface area contributed by atoms with Crippen molar-refractivity contribution in [2.24, 2.45) is 5.92 Å². The van der Waals surface area contributed by atoms with Crippen LogP contribution < -0.4 is 15.4 Å². The number of methoxy groups -OCH3 is 1. The Morgan fingerprint density at radius 1 is 1.03 bits per heavy atom. The highest BCUT2D eigenvalue weighted by molar-refractivity contribution is 5.98. The van der Waals surface area contributed by atoms with Gasteiger partial charge in [-0.05, 0) is 49.9 Å². The second-order valence-electron chi connectivity index (χ2n) is 10.3. The zero-order valence-corrected chi connectivity index (χ0v) is 21.1. The molecule has 198 valence electrons. The average molecular weight is 512 g/mol. The number of hydrogen-bond acceptors (Lipinski definition) is 6. The highest BCUT2D eigenvalue weighted by Gasteiger charge is 2.53. The van der Waals surface area contributed by atoms with Crippen LogP contribution >= 0.6 is 0 Å². The van der Waals surface area contributed by atoms with Gasteiger partial charge < -0.3 is 30.1 Å². The Hall–Kier alpha value is -3.63. The number of nitrogens with zero attached hydrogens (tertiary/aromatic N) is 3. The van der Waals surface area contributed by atoms with Gasteiger partial charge in [-0.2, -0.15) is 0 Å². The van der Waals surface area contributed by atoms with Crippen molar-refractivity contribution in [3.05, 3.63) is 29.8 Å². The van der Waals surface area contributed by atoms with E-state index in [1.54, 1.807) is 41.2 Å². The van der Waals surface area contributed by atoms with Crippen molar-refractivity contribution in [1.29, 1.82) is 0 Å². The van der Waals surface area contributed by atoms with Crippen molar-refractivity contribution in [1.82, 2.24) is 25.3 Å². The molecule has 0 saturated carbocycles. The lowest BCUT2D eigenvalue weighted by Gasteiger charge is -2.35. The van der Waals surface area contributed by atoms with Crippen LogP contribution in [0.15, 0.2) is 24.3 Å². The molecule has 4 heterocycles. The van der Waals surface area contributed by atoms with Gasteiger partial charge in [0.15, 0.2) is 0 Å². The molecule has 11 heteroatoms. The minimum absolute atomic E-state index is 0.00232. The maximum Gasteiger partial charge on any atom is 0.251 e. The fraction of sp³-hybridized carbons (Fsp3) is 0.577. The average Bonchev–Trinajstić information content (AvgIpc) is 3.50. The first-order valence-electron chi connectivity index (χ1n) is 12.9. The number of piperidine rings is 1. The molecule has 2 N–H and O–H groups in total. The van der Waals surface area contributed by atoms with Crippen molar-refractivity contribution >= 4 is 29.5 Å². The van der Waals surface area contributed by atoms with Gasteiger partial charge in [-0.15, -0.1) is 0 Å². The summed E-state index contributed by atoms with van der Waals surface area (Å²) in [5.74, 6) is -0.462. The minimum Gasteiger partial charge on any atom is -0.497 e. The van der Waals surface area contributed by atoms with Crippen LogP contribution in [0.2, 0.25) is 0 Å². The van der Waals surface area contributed by atoms with Gasteiger partial charge in [0.05, 0.1) is 13.2 Å². The predicted molar refractivity (Wildman–Crippen MR) is 131 cm³/mol. The van der Waals surface area contributed by atoms with E-state index >= 15 is 0 Å². The molecule has 0 bridgehead atoms. The summed E-state index contributed by atoms with van der Waals surface area (Å²) in [5, 5.41) is 5.94. The standard InChI is InChI=1S/C26H33N5O6/c1-15(32)29-10-7-17(8-11-29)25(35)30-12-9-20-22(30)26(36)31-14-18(13-21(31)24(34)28-20)27-23(33)16-3-5-19(37-2)6-4-16/h3-6,17-18,20-22H,7-14H2,1-2H3,(H,27,33)(H,28,34)/t18-,20-,21+,22-/m0/s1. The van der Waals surface area contributed by atoms with Crippen molar-refractivity contribution in [3.8, 4) is 5.75 Å². The Bertz CT molecular complexity index is 1100. The molecular formula is C26H33N5O6. The fourth-order valence-corrected chi connectivity index (χ4v) is 6.06. The molecule has 4 fully saturated rings. The molecule has 4 atom stereocenters. The number of fused-ring (bicyclic) bond motifs is 2. The Labute approximate surface area is 215 Å². The third kappa shape index (κ3) is 4.74. The number of carbonyl (C=O) groups excluding carboxylic acids is 5. The number of carbonyl (C=O) groups is 5. The number of ether oxygens (including phenoxy) is 1. The quantitative estimate of drug-likeness (QED) is 0.574. The van der Waals surface area contributed by atoms with Crippen molar-refractivity contribution < 1.29 is 28.7 Å². The molecule has 0 unspecified atom stereocenters. The Balaban J connectivity index is 1.26. The monoisotopic (exact) mass is 511 g/mol. The first-order chi connectivity index (χ1) is 17.8. The van der Waals surface area contributed by atoms with Gasteiger partial charge in [-0.3, -0.25) is 24.0 Å². The minimum atomic E-state index is -0.747. The molecule has 5 rings (SSSR count). The van der Waals surface area contributed by atoms with Gasteiger partial charge in [0.25, 0.3) is 5.91 Å². The molecular weight excluding hydrogens is 478 g/mol. The lowest BCUT2D eigenvalue weighted by molar-refractivity contribution is -0.148. The number of rotatable bonds is 4. The van der Waals surface area contributed by atoms with Crippen LogP contribution in [0.3, 0.4) is 0 Å². The Morgan fingerprint density at radius 3 is 2.38 bits per heavy atom. The lowest BCUT2D eigenvalue weighted by atomic mass is 9.94. The molecule has 5 amide bonds. The summed E-state index contributed by atoms with van der Waals surface area (Å²) in [5.41, 5.74) is 0.460. The fourth-order valence-electron chi connectivity index (χ4n) is 6.06. The third-order valence-electron chi connectivity index (χ3n) is 8.13. The number of amides is 5. The summed E-state index contributed by atoms with van der Waals surface area (Å²) in [7, 11) is 1.55. The van der Waals surface area contributed by atoms with Crippen LogP contribution in [0.25, 0.3) is 0 Å². The third-order valence-corrected chi connectivity index (χ3v) is 8.13. The highest BCUT2D eigenvalue weighted by Crippen LogP contribution is 2.31. The van der Waals surface area contributed by atoms with E-state index in [1.807, 2.05) is 0 Å². The maximum atomic E-state index is 13.7. The molecule has 4 saturated heterocycles. The van der Waals surface area contributed by atoms with E-state index < -0.39 is 18.1 Å². The van der Waals surface area contributed by atoms with Crippen molar-refractivity contribution in [2.75, 3.05) is 33.3 Å². The van der Waals surface area contributed by atoms with E-state index in [0.29, 0.717) is 56.6 Å². The molecule has 0 aromatic heterocycles. The van der Waals surface area contributed by atoms with E-state index in [1.165, 1.54) is 11.8 Å². The first kappa shape index (κ1) is 25.0. The summed E-state index contributed by atoms with van der Waals surface area (Å²) in [6, 6.07) is 4.48. The van der Waals surface area contributed by atoms with Crippen LogP contribution in [-0.2, 0) is 19.2 Å². The second kappa shape index (κ2) is 10.0. The van der Waals surface area contributed by atoms with E-state index in [2.05, 4.69) is 10.6 Å². The molecule has 11 nitrogen and oxygen atoms in total. The van der Waals surface area contributed by atoms with Crippen LogP contribution in [0.5, 0.6) is 5.75 Å². The largest absolute Gasteiger partial charge is 0.497 e. The Kier molecular flexibility index (Phi) is 6.78.